The molecule has 0 spiro atoms. The summed E-state index contributed by atoms with van der Waals surface area (Å²) in [5, 5.41) is 12.6. The highest BCUT2D eigenvalue weighted by molar-refractivity contribution is 5.85. The number of aryl methyl sites for hydroxylation is 1. The van der Waals surface area contributed by atoms with Crippen LogP contribution in [0.1, 0.15) is 30.3 Å². The topological polar surface area (TPSA) is 55.1 Å². The van der Waals surface area contributed by atoms with Crippen molar-refractivity contribution in [1.82, 2.24) is 9.78 Å². The zero-order chi connectivity index (χ0) is 8.97. The zero-order valence-corrected chi connectivity index (χ0v) is 8.25. The van der Waals surface area contributed by atoms with Crippen LogP contribution in [0.3, 0.4) is 0 Å². The Morgan fingerprint density at radius 2 is 2.38 bits per heavy atom. The summed E-state index contributed by atoms with van der Waals surface area (Å²) < 4.78 is 1.52. The lowest BCUT2D eigenvalue weighted by molar-refractivity contribution is 0.0683. The van der Waals surface area contributed by atoms with Crippen LogP contribution in [0.25, 0.3) is 0 Å². The van der Waals surface area contributed by atoms with Gasteiger partial charge in [-0.15, -0.1) is 12.4 Å². The molecule has 0 fully saturated rings. The Hall–Kier alpha value is -1.03. The van der Waals surface area contributed by atoms with Crippen molar-refractivity contribution >= 4 is 18.4 Å². The van der Waals surface area contributed by atoms with Crippen LogP contribution in [0.4, 0.5) is 0 Å². The second-order valence-electron chi connectivity index (χ2n) is 2.60. The van der Waals surface area contributed by atoms with Crippen molar-refractivity contribution in [2.75, 3.05) is 0 Å². The lowest BCUT2D eigenvalue weighted by Crippen LogP contribution is -2.09. The van der Waals surface area contributed by atoms with Crippen LogP contribution in [0.2, 0.25) is 0 Å². The van der Waals surface area contributed by atoms with Crippen molar-refractivity contribution in [2.24, 2.45) is 0 Å². The normalized spacial score (nSPS) is 9.31. The number of hydrogen-bond donors (Lipinski definition) is 1. The molecule has 13 heavy (non-hydrogen) atoms. The van der Waals surface area contributed by atoms with Gasteiger partial charge < -0.3 is 5.11 Å². The second kappa shape index (κ2) is 5.59. The van der Waals surface area contributed by atoms with Crippen LogP contribution in [0.5, 0.6) is 0 Å². The van der Waals surface area contributed by atoms with E-state index in [9.17, 15) is 4.79 Å². The summed E-state index contributed by atoms with van der Waals surface area (Å²) in [6, 6.07) is 1.51. The maximum Gasteiger partial charge on any atom is 0.354 e. The van der Waals surface area contributed by atoms with Gasteiger partial charge in [-0.2, -0.15) is 5.10 Å². The number of nitrogens with zero attached hydrogens (tertiary/aromatic N) is 2. The minimum Gasteiger partial charge on any atom is -0.477 e. The number of carboxylic acids is 1. The Labute approximate surface area is 83.0 Å². The molecule has 1 aromatic heterocycles. The first-order valence-electron chi connectivity index (χ1n) is 4.00. The number of rotatable bonds is 4. The van der Waals surface area contributed by atoms with Gasteiger partial charge in [-0.25, -0.2) is 4.79 Å². The molecular formula is C8H13ClN2O2. The van der Waals surface area contributed by atoms with E-state index >= 15 is 0 Å². The fraction of sp³-hybridized carbons (Fsp3) is 0.500. The molecule has 0 bridgehead atoms. The molecule has 1 N–H and O–H groups in total. The molecule has 0 aliphatic carbocycles. The number of aromatic carboxylic acids is 1. The molecule has 0 saturated heterocycles. The van der Waals surface area contributed by atoms with Crippen LogP contribution in [0.15, 0.2) is 12.3 Å². The van der Waals surface area contributed by atoms with E-state index in [1.54, 1.807) is 0 Å². The summed E-state index contributed by atoms with van der Waals surface area (Å²) in [5.41, 5.74) is 0.267. The Morgan fingerprint density at radius 3 is 2.92 bits per heavy atom. The molecule has 0 unspecified atom stereocenters. The third-order valence-corrected chi connectivity index (χ3v) is 1.66. The highest BCUT2D eigenvalue weighted by Crippen LogP contribution is 2.01. The lowest BCUT2D eigenvalue weighted by atomic mass is 10.3. The van der Waals surface area contributed by atoms with E-state index in [0.717, 1.165) is 12.8 Å². The standard InChI is InChI=1S/C8H12N2O2.ClH/c1-2-3-6-10-7(8(11)12)4-5-9-10;/h4-5H,2-3,6H2,1H3,(H,11,12);1H. The van der Waals surface area contributed by atoms with Gasteiger partial charge in [0.2, 0.25) is 0 Å². The van der Waals surface area contributed by atoms with Crippen LogP contribution < -0.4 is 0 Å². The van der Waals surface area contributed by atoms with Crippen molar-refractivity contribution in [3.63, 3.8) is 0 Å². The summed E-state index contributed by atoms with van der Waals surface area (Å²) in [7, 11) is 0. The summed E-state index contributed by atoms with van der Waals surface area (Å²) in [6.07, 6.45) is 3.51. The Morgan fingerprint density at radius 1 is 1.69 bits per heavy atom. The molecule has 1 aromatic rings. The summed E-state index contributed by atoms with van der Waals surface area (Å²) in [6.45, 7) is 2.75. The fourth-order valence-corrected chi connectivity index (χ4v) is 1.00. The van der Waals surface area contributed by atoms with Gasteiger partial charge in [-0.3, -0.25) is 4.68 Å². The first kappa shape index (κ1) is 12.0. The number of unbranched alkanes of at least 4 members (excludes halogenated alkanes) is 1. The predicted molar refractivity (Wildman–Crippen MR) is 51.3 cm³/mol. The molecule has 4 nitrogen and oxygen atoms in total. The van der Waals surface area contributed by atoms with Crippen molar-refractivity contribution in [1.29, 1.82) is 0 Å². The number of halogens is 1. The Kier molecular flexibility index (Phi) is 5.14. The number of aromatic nitrogens is 2. The summed E-state index contributed by atoms with van der Waals surface area (Å²) >= 11 is 0. The van der Waals surface area contributed by atoms with E-state index in [4.69, 9.17) is 5.11 Å². The largest absolute Gasteiger partial charge is 0.477 e. The van der Waals surface area contributed by atoms with Crippen molar-refractivity contribution < 1.29 is 9.90 Å². The van der Waals surface area contributed by atoms with E-state index in [1.165, 1.54) is 16.9 Å². The molecule has 0 aliphatic rings. The number of carbonyl (C=O) groups is 1. The molecule has 5 heteroatoms. The highest BCUT2D eigenvalue weighted by Gasteiger charge is 2.08. The van der Waals surface area contributed by atoms with E-state index in [-0.39, 0.29) is 18.1 Å². The monoisotopic (exact) mass is 204 g/mol. The van der Waals surface area contributed by atoms with Crippen molar-refractivity contribution in [3.05, 3.63) is 18.0 Å². The molecule has 1 rings (SSSR count). The maximum atomic E-state index is 10.6. The zero-order valence-electron chi connectivity index (χ0n) is 7.43. The third-order valence-electron chi connectivity index (χ3n) is 1.66. The minimum atomic E-state index is -0.913. The molecule has 0 amide bonds. The molecule has 74 valence electrons. The summed E-state index contributed by atoms with van der Waals surface area (Å²) in [4.78, 5) is 10.6. The third kappa shape index (κ3) is 3.06. The average molecular weight is 205 g/mol. The van der Waals surface area contributed by atoms with Gasteiger partial charge >= 0.3 is 5.97 Å². The molecule has 0 saturated carbocycles. The molecule has 0 radical (unpaired) electrons. The highest BCUT2D eigenvalue weighted by atomic mass is 35.5. The van der Waals surface area contributed by atoms with Crippen LogP contribution in [-0.4, -0.2) is 20.9 Å². The number of carboxylic acid groups (broad SMARTS) is 1. The molecule has 0 atom stereocenters. The quantitative estimate of drug-likeness (QED) is 0.814. The van der Waals surface area contributed by atoms with Crippen molar-refractivity contribution in [3.8, 4) is 0 Å². The first-order chi connectivity index (χ1) is 5.75. The maximum absolute atomic E-state index is 10.6. The smallest absolute Gasteiger partial charge is 0.354 e. The van der Waals surface area contributed by atoms with Crippen molar-refractivity contribution in [2.45, 2.75) is 26.3 Å². The average Bonchev–Trinajstić information content (AvgIpc) is 2.48. The lowest BCUT2D eigenvalue weighted by Gasteiger charge is -2.01. The van der Waals surface area contributed by atoms with E-state index in [1.807, 2.05) is 0 Å². The minimum absolute atomic E-state index is 0. The molecular weight excluding hydrogens is 192 g/mol. The van der Waals surface area contributed by atoms with E-state index < -0.39 is 5.97 Å². The van der Waals surface area contributed by atoms with Gasteiger partial charge in [0, 0.05) is 12.7 Å². The van der Waals surface area contributed by atoms with Crippen LogP contribution in [0, 0.1) is 0 Å². The first-order valence-corrected chi connectivity index (χ1v) is 4.00. The Bertz CT molecular complexity index is 273. The Balaban J connectivity index is 0.00000144. The van der Waals surface area contributed by atoms with E-state index in [0.29, 0.717) is 6.54 Å². The second-order valence-corrected chi connectivity index (χ2v) is 2.60. The molecule has 0 aromatic carbocycles. The van der Waals surface area contributed by atoms with Crippen LogP contribution >= 0.6 is 12.4 Å². The van der Waals surface area contributed by atoms with Crippen LogP contribution in [-0.2, 0) is 6.54 Å². The predicted octanol–water partition coefficient (Wildman–Crippen LogP) is 1.80. The van der Waals surface area contributed by atoms with Gasteiger partial charge in [0.25, 0.3) is 0 Å². The summed E-state index contributed by atoms with van der Waals surface area (Å²) in [5.74, 6) is -0.913. The van der Waals surface area contributed by atoms with Gasteiger partial charge in [0.05, 0.1) is 0 Å². The fourth-order valence-electron chi connectivity index (χ4n) is 1.00. The van der Waals surface area contributed by atoms with Gasteiger partial charge in [-0.1, -0.05) is 13.3 Å². The SMILES string of the molecule is CCCCn1nccc1C(=O)O.Cl. The number of hydrogen-bond acceptors (Lipinski definition) is 2. The van der Waals surface area contributed by atoms with E-state index in [2.05, 4.69) is 12.0 Å². The van der Waals surface area contributed by atoms with Gasteiger partial charge in [0.1, 0.15) is 5.69 Å². The van der Waals surface area contributed by atoms with Gasteiger partial charge in [-0.05, 0) is 12.5 Å². The van der Waals surface area contributed by atoms with Gasteiger partial charge in [0.15, 0.2) is 0 Å². The molecule has 1 heterocycles. The molecule has 0 aliphatic heterocycles.